The number of carbonyl (C=O) groups is 2. The van der Waals surface area contributed by atoms with E-state index in [0.717, 1.165) is 0 Å². The second-order valence-electron chi connectivity index (χ2n) is 5.13. The van der Waals surface area contributed by atoms with Crippen LogP contribution in [0.2, 0.25) is 0 Å². The van der Waals surface area contributed by atoms with E-state index in [2.05, 4.69) is 5.32 Å². The molecule has 0 aromatic heterocycles. The number of aliphatic carboxylic acids is 1. The molecule has 1 heterocycles. The van der Waals surface area contributed by atoms with Gasteiger partial charge in [0.1, 0.15) is 13.1 Å². The lowest BCUT2D eigenvalue weighted by Gasteiger charge is -2.33. The molecule has 1 atom stereocenters. The number of rotatable bonds is 6. The maximum Gasteiger partial charge on any atom is 0.406 e. The van der Waals surface area contributed by atoms with E-state index in [1.165, 1.54) is 0 Å². The van der Waals surface area contributed by atoms with E-state index in [4.69, 9.17) is 5.11 Å². The van der Waals surface area contributed by atoms with Gasteiger partial charge in [-0.05, 0) is 19.4 Å². The quantitative estimate of drug-likeness (QED) is 0.774. The highest BCUT2D eigenvalue weighted by molar-refractivity contribution is 5.86. The molecule has 0 bridgehead atoms. The van der Waals surface area contributed by atoms with Crippen LogP contribution in [0, 0.1) is 5.41 Å². The molecule has 0 aromatic carbocycles. The zero-order valence-electron chi connectivity index (χ0n) is 11.3. The Hall–Kier alpha value is -1.31. The Morgan fingerprint density at radius 2 is 2.05 bits per heavy atom. The standard InChI is InChI=1S/C12H19F3N2O3/c1-2-3-11(4-5-16-7-11)10(20)17(6-9(18)19)8-12(13,14)15/h16H,2-8H2,1H3,(H,18,19). The number of carboxylic acid groups (broad SMARTS) is 1. The molecular weight excluding hydrogens is 277 g/mol. The molecule has 0 radical (unpaired) electrons. The molecule has 1 amide bonds. The Labute approximate surface area is 115 Å². The zero-order chi connectivity index (χ0) is 15.4. The van der Waals surface area contributed by atoms with Crippen molar-refractivity contribution in [3.63, 3.8) is 0 Å². The van der Waals surface area contributed by atoms with Crippen LogP contribution < -0.4 is 5.32 Å². The minimum absolute atomic E-state index is 0.299. The van der Waals surface area contributed by atoms with Crippen LogP contribution in [0.25, 0.3) is 0 Å². The molecule has 0 aliphatic carbocycles. The van der Waals surface area contributed by atoms with E-state index in [1.54, 1.807) is 0 Å². The molecule has 1 saturated heterocycles. The van der Waals surface area contributed by atoms with Crippen molar-refractivity contribution < 1.29 is 27.9 Å². The van der Waals surface area contributed by atoms with Crippen LogP contribution in [0.3, 0.4) is 0 Å². The SMILES string of the molecule is CCCC1(C(=O)N(CC(=O)O)CC(F)(F)F)CCNC1. The van der Waals surface area contributed by atoms with Gasteiger partial charge in [-0.1, -0.05) is 13.3 Å². The lowest BCUT2D eigenvalue weighted by Crippen LogP contribution is -2.50. The first-order chi connectivity index (χ1) is 9.20. The number of hydrogen-bond acceptors (Lipinski definition) is 3. The fourth-order valence-corrected chi connectivity index (χ4v) is 2.64. The van der Waals surface area contributed by atoms with Gasteiger partial charge in [0.25, 0.3) is 0 Å². The number of carboxylic acids is 1. The Kier molecular flexibility index (Phi) is 5.38. The Bertz CT molecular complexity index is 365. The minimum Gasteiger partial charge on any atom is -0.480 e. The summed E-state index contributed by atoms with van der Waals surface area (Å²) in [6, 6.07) is 0. The third-order valence-corrected chi connectivity index (χ3v) is 3.41. The largest absolute Gasteiger partial charge is 0.480 e. The Morgan fingerprint density at radius 1 is 1.40 bits per heavy atom. The predicted octanol–water partition coefficient (Wildman–Crippen LogP) is 1.24. The number of halogens is 3. The summed E-state index contributed by atoms with van der Waals surface area (Å²) in [5.74, 6) is -2.16. The summed E-state index contributed by atoms with van der Waals surface area (Å²) >= 11 is 0. The van der Waals surface area contributed by atoms with Gasteiger partial charge in [-0.25, -0.2) is 0 Å². The van der Waals surface area contributed by atoms with Crippen LogP contribution in [0.4, 0.5) is 13.2 Å². The van der Waals surface area contributed by atoms with Crippen molar-refractivity contribution in [3.05, 3.63) is 0 Å². The van der Waals surface area contributed by atoms with Crippen LogP contribution in [0.1, 0.15) is 26.2 Å². The van der Waals surface area contributed by atoms with E-state index < -0.39 is 36.6 Å². The first-order valence-electron chi connectivity index (χ1n) is 6.49. The zero-order valence-corrected chi connectivity index (χ0v) is 11.3. The highest BCUT2D eigenvalue weighted by Gasteiger charge is 2.45. The van der Waals surface area contributed by atoms with Crippen molar-refractivity contribution in [1.29, 1.82) is 0 Å². The average molecular weight is 296 g/mol. The summed E-state index contributed by atoms with van der Waals surface area (Å²) in [6.45, 7) is 0.248. The molecular formula is C12H19F3N2O3. The van der Waals surface area contributed by atoms with Crippen molar-refractivity contribution in [2.24, 2.45) is 5.41 Å². The second-order valence-corrected chi connectivity index (χ2v) is 5.13. The number of alkyl halides is 3. The van der Waals surface area contributed by atoms with Gasteiger partial charge in [-0.2, -0.15) is 13.2 Å². The number of carbonyl (C=O) groups excluding carboxylic acids is 1. The highest BCUT2D eigenvalue weighted by Crippen LogP contribution is 2.34. The Balaban J connectivity index is 2.92. The van der Waals surface area contributed by atoms with E-state index in [1.807, 2.05) is 6.92 Å². The second kappa shape index (κ2) is 6.43. The maximum absolute atomic E-state index is 12.5. The molecule has 116 valence electrons. The predicted molar refractivity (Wildman–Crippen MR) is 65.1 cm³/mol. The van der Waals surface area contributed by atoms with Crippen molar-refractivity contribution in [1.82, 2.24) is 10.2 Å². The van der Waals surface area contributed by atoms with Crippen LogP contribution in [0.5, 0.6) is 0 Å². The third kappa shape index (κ3) is 4.36. The number of hydrogen-bond donors (Lipinski definition) is 2. The fraction of sp³-hybridized carbons (Fsp3) is 0.833. The van der Waals surface area contributed by atoms with Crippen LogP contribution in [0.15, 0.2) is 0 Å². The lowest BCUT2D eigenvalue weighted by molar-refractivity contribution is -0.171. The number of amides is 1. The van der Waals surface area contributed by atoms with Crippen molar-refractivity contribution in [2.45, 2.75) is 32.4 Å². The van der Waals surface area contributed by atoms with Crippen molar-refractivity contribution >= 4 is 11.9 Å². The monoisotopic (exact) mass is 296 g/mol. The number of nitrogens with zero attached hydrogens (tertiary/aromatic N) is 1. The van der Waals surface area contributed by atoms with Crippen molar-refractivity contribution in [2.75, 3.05) is 26.2 Å². The lowest BCUT2D eigenvalue weighted by atomic mass is 9.81. The molecule has 1 rings (SSSR count). The molecule has 0 aromatic rings. The highest BCUT2D eigenvalue weighted by atomic mass is 19.4. The molecule has 0 saturated carbocycles. The van der Waals surface area contributed by atoms with Crippen LogP contribution >= 0.6 is 0 Å². The molecule has 5 nitrogen and oxygen atoms in total. The van der Waals surface area contributed by atoms with E-state index in [0.29, 0.717) is 37.3 Å². The molecule has 1 fully saturated rings. The third-order valence-electron chi connectivity index (χ3n) is 3.41. The van der Waals surface area contributed by atoms with Crippen molar-refractivity contribution in [3.8, 4) is 0 Å². The van der Waals surface area contributed by atoms with Crippen LogP contribution in [-0.2, 0) is 9.59 Å². The van der Waals surface area contributed by atoms with Gasteiger partial charge < -0.3 is 15.3 Å². The maximum atomic E-state index is 12.5. The molecule has 1 aliphatic rings. The molecule has 2 N–H and O–H groups in total. The smallest absolute Gasteiger partial charge is 0.406 e. The molecule has 8 heteroatoms. The summed E-state index contributed by atoms with van der Waals surface area (Å²) in [5.41, 5.74) is -0.907. The summed E-state index contributed by atoms with van der Waals surface area (Å²) in [5, 5.41) is 11.7. The summed E-state index contributed by atoms with van der Waals surface area (Å²) in [4.78, 5) is 23.5. The topological polar surface area (TPSA) is 69.6 Å². The van der Waals surface area contributed by atoms with Gasteiger partial charge in [0.2, 0.25) is 5.91 Å². The van der Waals surface area contributed by atoms with Gasteiger partial charge >= 0.3 is 12.1 Å². The van der Waals surface area contributed by atoms with E-state index >= 15 is 0 Å². The van der Waals surface area contributed by atoms with Gasteiger partial charge in [0, 0.05) is 6.54 Å². The fourth-order valence-electron chi connectivity index (χ4n) is 2.64. The van der Waals surface area contributed by atoms with Gasteiger partial charge in [0.15, 0.2) is 0 Å². The van der Waals surface area contributed by atoms with E-state index in [9.17, 15) is 22.8 Å². The average Bonchev–Trinajstić information content (AvgIpc) is 2.75. The molecule has 1 aliphatic heterocycles. The van der Waals surface area contributed by atoms with Gasteiger partial charge in [0.05, 0.1) is 5.41 Å². The van der Waals surface area contributed by atoms with E-state index in [-0.39, 0.29) is 0 Å². The molecule has 0 spiro atoms. The minimum atomic E-state index is -4.61. The summed E-state index contributed by atoms with van der Waals surface area (Å²) < 4.78 is 37.5. The first kappa shape index (κ1) is 16.7. The first-order valence-corrected chi connectivity index (χ1v) is 6.49. The van der Waals surface area contributed by atoms with Gasteiger partial charge in [-0.15, -0.1) is 0 Å². The normalized spacial score (nSPS) is 22.8. The van der Waals surface area contributed by atoms with Crippen LogP contribution in [-0.4, -0.2) is 54.2 Å². The Morgan fingerprint density at radius 3 is 2.45 bits per heavy atom. The number of nitrogens with one attached hydrogen (secondary N) is 1. The summed E-state index contributed by atoms with van der Waals surface area (Å²) in [7, 11) is 0. The molecule has 1 unspecified atom stereocenters. The summed E-state index contributed by atoms with van der Waals surface area (Å²) in [6.07, 6.45) is -3.06. The molecule has 20 heavy (non-hydrogen) atoms. The van der Waals surface area contributed by atoms with Gasteiger partial charge in [-0.3, -0.25) is 9.59 Å².